The molecule has 4 heteroatoms. The highest BCUT2D eigenvalue weighted by Crippen LogP contribution is 2.21. The lowest BCUT2D eigenvalue weighted by molar-refractivity contribution is -0.138. The molecule has 14 heavy (non-hydrogen) atoms. The maximum absolute atomic E-state index is 10.6. The van der Waals surface area contributed by atoms with Gasteiger partial charge in [-0.05, 0) is 24.5 Å². The number of hydrogen-bond donors (Lipinski definition) is 2. The van der Waals surface area contributed by atoms with Crippen LogP contribution in [-0.2, 0) is 11.2 Å². The Hall–Kier alpha value is -0.870. The third kappa shape index (κ3) is 2.56. The molecule has 0 amide bonds. The fourth-order valence-electron chi connectivity index (χ4n) is 1.19. The van der Waals surface area contributed by atoms with Gasteiger partial charge in [0, 0.05) is 4.47 Å². The van der Waals surface area contributed by atoms with Gasteiger partial charge in [-0.2, -0.15) is 0 Å². The zero-order valence-corrected chi connectivity index (χ0v) is 9.41. The molecule has 0 saturated carbocycles. The molecule has 0 aliphatic heterocycles. The summed E-state index contributed by atoms with van der Waals surface area (Å²) in [5.74, 6) is -0.974. The molecule has 0 aliphatic carbocycles. The summed E-state index contributed by atoms with van der Waals surface area (Å²) in [5, 5.41) is 8.66. The van der Waals surface area contributed by atoms with Crippen LogP contribution in [0.4, 0.5) is 0 Å². The Labute approximate surface area is 91.1 Å². The van der Waals surface area contributed by atoms with E-state index < -0.39 is 12.0 Å². The molecular weight excluding hydrogens is 246 g/mol. The van der Waals surface area contributed by atoms with Gasteiger partial charge < -0.3 is 10.8 Å². The van der Waals surface area contributed by atoms with Gasteiger partial charge in [-0.3, -0.25) is 4.79 Å². The van der Waals surface area contributed by atoms with E-state index in [2.05, 4.69) is 15.9 Å². The van der Waals surface area contributed by atoms with Crippen molar-refractivity contribution in [3.05, 3.63) is 33.8 Å². The van der Waals surface area contributed by atoms with Gasteiger partial charge in [0.1, 0.15) is 6.04 Å². The summed E-state index contributed by atoms with van der Waals surface area (Å²) in [5.41, 5.74) is 7.46. The summed E-state index contributed by atoms with van der Waals surface area (Å²) in [6.07, 6.45) is 0.345. The van der Waals surface area contributed by atoms with Crippen molar-refractivity contribution in [2.75, 3.05) is 0 Å². The molecule has 0 aliphatic rings. The van der Waals surface area contributed by atoms with E-state index in [-0.39, 0.29) is 0 Å². The third-order valence-electron chi connectivity index (χ3n) is 2.03. The average Bonchev–Trinajstić information content (AvgIpc) is 2.12. The Balaban J connectivity index is 2.87. The van der Waals surface area contributed by atoms with E-state index in [9.17, 15) is 4.79 Å². The zero-order valence-electron chi connectivity index (χ0n) is 7.83. The first-order valence-corrected chi connectivity index (χ1v) is 5.04. The van der Waals surface area contributed by atoms with Crippen LogP contribution in [0, 0.1) is 6.92 Å². The molecule has 76 valence electrons. The maximum atomic E-state index is 10.6. The van der Waals surface area contributed by atoms with E-state index >= 15 is 0 Å². The molecular formula is C10H12BrNO2. The summed E-state index contributed by atoms with van der Waals surface area (Å²) in [4.78, 5) is 10.6. The lowest BCUT2D eigenvalue weighted by atomic mass is 10.0. The summed E-state index contributed by atoms with van der Waals surface area (Å²) in [6.45, 7) is 1.96. The summed E-state index contributed by atoms with van der Waals surface area (Å²) >= 11 is 3.41. The Kier molecular flexibility index (Phi) is 3.66. The molecule has 3 nitrogen and oxygen atoms in total. The van der Waals surface area contributed by atoms with E-state index in [1.54, 1.807) is 0 Å². The van der Waals surface area contributed by atoms with Gasteiger partial charge in [0.25, 0.3) is 0 Å². The summed E-state index contributed by atoms with van der Waals surface area (Å²) in [6, 6.07) is 4.89. The van der Waals surface area contributed by atoms with Crippen LogP contribution in [0.2, 0.25) is 0 Å². The Morgan fingerprint density at radius 1 is 1.64 bits per heavy atom. The molecule has 0 fully saturated rings. The van der Waals surface area contributed by atoms with Crippen LogP contribution < -0.4 is 5.73 Å². The molecule has 0 radical (unpaired) electrons. The Morgan fingerprint density at radius 2 is 2.29 bits per heavy atom. The van der Waals surface area contributed by atoms with E-state index in [1.165, 1.54) is 0 Å². The minimum Gasteiger partial charge on any atom is -0.480 e. The van der Waals surface area contributed by atoms with Gasteiger partial charge in [-0.1, -0.05) is 34.1 Å². The van der Waals surface area contributed by atoms with Crippen molar-refractivity contribution in [1.82, 2.24) is 0 Å². The zero-order chi connectivity index (χ0) is 10.7. The number of carboxylic acid groups (broad SMARTS) is 1. The number of aryl methyl sites for hydroxylation is 1. The van der Waals surface area contributed by atoms with Gasteiger partial charge in [0.15, 0.2) is 0 Å². The Bertz CT molecular complexity index is 352. The normalized spacial score (nSPS) is 12.5. The predicted molar refractivity (Wildman–Crippen MR) is 58.2 cm³/mol. The van der Waals surface area contributed by atoms with Crippen LogP contribution in [0.25, 0.3) is 0 Å². The molecule has 3 N–H and O–H groups in total. The number of hydrogen-bond acceptors (Lipinski definition) is 2. The predicted octanol–water partition coefficient (Wildman–Crippen LogP) is 1.71. The second-order valence-corrected chi connectivity index (χ2v) is 3.99. The number of rotatable bonds is 3. The van der Waals surface area contributed by atoms with Gasteiger partial charge in [-0.15, -0.1) is 0 Å². The van der Waals surface area contributed by atoms with E-state index in [0.29, 0.717) is 6.42 Å². The second-order valence-electron chi connectivity index (χ2n) is 3.20. The third-order valence-corrected chi connectivity index (χ3v) is 3.16. The first kappa shape index (κ1) is 11.2. The molecule has 1 unspecified atom stereocenters. The SMILES string of the molecule is Cc1cccc(CC(N)C(=O)O)c1Br. The summed E-state index contributed by atoms with van der Waals surface area (Å²) < 4.78 is 0.941. The molecule has 1 atom stereocenters. The van der Waals surface area contributed by atoms with Crippen molar-refractivity contribution in [1.29, 1.82) is 0 Å². The lowest BCUT2D eigenvalue weighted by Crippen LogP contribution is -2.32. The fraction of sp³-hybridized carbons (Fsp3) is 0.300. The van der Waals surface area contributed by atoms with Crippen molar-refractivity contribution in [3.8, 4) is 0 Å². The first-order chi connectivity index (χ1) is 6.52. The number of carboxylic acids is 1. The second kappa shape index (κ2) is 4.57. The monoisotopic (exact) mass is 257 g/mol. The van der Waals surface area contributed by atoms with Crippen molar-refractivity contribution in [2.24, 2.45) is 5.73 Å². The number of benzene rings is 1. The van der Waals surface area contributed by atoms with Crippen LogP contribution in [0.3, 0.4) is 0 Å². The van der Waals surface area contributed by atoms with Crippen molar-refractivity contribution < 1.29 is 9.90 Å². The quantitative estimate of drug-likeness (QED) is 0.867. The summed E-state index contributed by atoms with van der Waals surface area (Å²) in [7, 11) is 0. The Morgan fingerprint density at radius 3 is 2.86 bits per heavy atom. The largest absolute Gasteiger partial charge is 0.480 e. The minimum absolute atomic E-state index is 0.345. The van der Waals surface area contributed by atoms with Crippen LogP contribution in [0.15, 0.2) is 22.7 Å². The van der Waals surface area contributed by atoms with Gasteiger partial charge >= 0.3 is 5.97 Å². The van der Waals surface area contributed by atoms with Crippen molar-refractivity contribution >= 4 is 21.9 Å². The van der Waals surface area contributed by atoms with E-state index in [0.717, 1.165) is 15.6 Å². The highest BCUT2D eigenvalue weighted by Gasteiger charge is 2.14. The first-order valence-electron chi connectivity index (χ1n) is 4.24. The van der Waals surface area contributed by atoms with Gasteiger partial charge in [0.05, 0.1) is 0 Å². The molecule has 0 aromatic heterocycles. The van der Waals surface area contributed by atoms with Crippen molar-refractivity contribution in [2.45, 2.75) is 19.4 Å². The molecule has 1 aromatic carbocycles. The van der Waals surface area contributed by atoms with E-state index in [4.69, 9.17) is 10.8 Å². The minimum atomic E-state index is -0.974. The van der Waals surface area contributed by atoms with Crippen LogP contribution in [-0.4, -0.2) is 17.1 Å². The topological polar surface area (TPSA) is 63.3 Å². The average molecular weight is 258 g/mol. The van der Waals surface area contributed by atoms with Crippen LogP contribution in [0.5, 0.6) is 0 Å². The van der Waals surface area contributed by atoms with Crippen LogP contribution in [0.1, 0.15) is 11.1 Å². The number of nitrogens with two attached hydrogens (primary N) is 1. The van der Waals surface area contributed by atoms with Crippen molar-refractivity contribution in [3.63, 3.8) is 0 Å². The number of halogens is 1. The highest BCUT2D eigenvalue weighted by molar-refractivity contribution is 9.10. The molecule has 1 rings (SSSR count). The number of aliphatic carboxylic acids is 1. The molecule has 0 bridgehead atoms. The molecule has 0 saturated heterocycles. The van der Waals surface area contributed by atoms with Gasteiger partial charge in [0.2, 0.25) is 0 Å². The lowest BCUT2D eigenvalue weighted by Gasteiger charge is -2.09. The maximum Gasteiger partial charge on any atom is 0.320 e. The molecule has 0 spiro atoms. The molecule has 1 aromatic rings. The standard InChI is InChI=1S/C10H12BrNO2/c1-6-3-2-4-7(9(6)11)5-8(12)10(13)14/h2-4,8H,5,12H2,1H3,(H,13,14). The number of carbonyl (C=O) groups is 1. The smallest absolute Gasteiger partial charge is 0.320 e. The van der Waals surface area contributed by atoms with Gasteiger partial charge in [-0.25, -0.2) is 0 Å². The van der Waals surface area contributed by atoms with Crippen LogP contribution >= 0.6 is 15.9 Å². The molecule has 0 heterocycles. The fourth-order valence-corrected chi connectivity index (χ4v) is 1.62. The van der Waals surface area contributed by atoms with E-state index in [1.807, 2.05) is 25.1 Å². The highest BCUT2D eigenvalue weighted by atomic mass is 79.9.